The molecule has 4 heteroatoms. The van der Waals surface area contributed by atoms with Gasteiger partial charge in [-0.2, -0.15) is 0 Å². The summed E-state index contributed by atoms with van der Waals surface area (Å²) in [7, 11) is 1.33. The number of esters is 1. The Morgan fingerprint density at radius 1 is 1.21 bits per heavy atom. The molecule has 0 fully saturated rings. The first-order chi connectivity index (χ1) is 8.99. The van der Waals surface area contributed by atoms with Crippen molar-refractivity contribution in [2.75, 3.05) is 20.2 Å². The van der Waals surface area contributed by atoms with Gasteiger partial charge < -0.3 is 9.64 Å². The minimum atomic E-state index is -0.409. The molecule has 0 unspecified atom stereocenters. The Kier molecular flexibility index (Phi) is 5.30. The highest BCUT2D eigenvalue weighted by Gasteiger charge is 2.14. The SMILES string of the molecule is C=C(C)CN(CC)C(=O)c1ccc(C(=O)OC)cc1. The molecule has 102 valence electrons. The molecule has 1 aromatic rings. The highest BCUT2D eigenvalue weighted by Crippen LogP contribution is 2.10. The molecule has 19 heavy (non-hydrogen) atoms. The van der Waals surface area contributed by atoms with Crippen molar-refractivity contribution in [3.8, 4) is 0 Å². The van der Waals surface area contributed by atoms with E-state index in [2.05, 4.69) is 11.3 Å². The van der Waals surface area contributed by atoms with Crippen molar-refractivity contribution in [3.63, 3.8) is 0 Å². The quantitative estimate of drug-likeness (QED) is 0.604. The maximum atomic E-state index is 12.2. The molecule has 0 saturated carbocycles. The summed E-state index contributed by atoms with van der Waals surface area (Å²) >= 11 is 0. The molecule has 0 N–H and O–H groups in total. The number of methoxy groups -OCH3 is 1. The van der Waals surface area contributed by atoms with Gasteiger partial charge in [0, 0.05) is 18.7 Å². The van der Waals surface area contributed by atoms with Gasteiger partial charge in [-0.25, -0.2) is 4.79 Å². The zero-order valence-corrected chi connectivity index (χ0v) is 11.6. The summed E-state index contributed by atoms with van der Waals surface area (Å²) in [6.45, 7) is 8.77. The monoisotopic (exact) mass is 261 g/mol. The first kappa shape index (κ1) is 15.0. The van der Waals surface area contributed by atoms with E-state index >= 15 is 0 Å². The maximum Gasteiger partial charge on any atom is 0.337 e. The summed E-state index contributed by atoms with van der Waals surface area (Å²) in [5.41, 5.74) is 1.92. The van der Waals surface area contributed by atoms with Crippen molar-refractivity contribution in [1.82, 2.24) is 4.90 Å². The fourth-order valence-electron chi connectivity index (χ4n) is 1.70. The van der Waals surface area contributed by atoms with Crippen molar-refractivity contribution in [1.29, 1.82) is 0 Å². The van der Waals surface area contributed by atoms with Crippen LogP contribution in [0.3, 0.4) is 0 Å². The smallest absolute Gasteiger partial charge is 0.337 e. The first-order valence-corrected chi connectivity index (χ1v) is 6.11. The Balaban J connectivity index is 2.87. The molecule has 0 spiro atoms. The Hall–Kier alpha value is -2.10. The van der Waals surface area contributed by atoms with Crippen LogP contribution in [0.1, 0.15) is 34.6 Å². The number of benzene rings is 1. The molecule has 0 heterocycles. The number of hydrogen-bond acceptors (Lipinski definition) is 3. The molecule has 0 aliphatic rings. The second kappa shape index (κ2) is 6.73. The minimum absolute atomic E-state index is 0.0677. The summed E-state index contributed by atoms with van der Waals surface area (Å²) in [6.07, 6.45) is 0. The molecule has 0 atom stereocenters. The second-order valence-electron chi connectivity index (χ2n) is 4.35. The van der Waals surface area contributed by atoms with Gasteiger partial charge in [0.05, 0.1) is 12.7 Å². The lowest BCUT2D eigenvalue weighted by Gasteiger charge is -2.21. The molecule has 4 nitrogen and oxygen atoms in total. The number of carbonyl (C=O) groups is 2. The summed E-state index contributed by atoms with van der Waals surface area (Å²) < 4.78 is 4.61. The van der Waals surface area contributed by atoms with E-state index in [0.29, 0.717) is 24.2 Å². The number of ether oxygens (including phenoxy) is 1. The highest BCUT2D eigenvalue weighted by atomic mass is 16.5. The third-order valence-corrected chi connectivity index (χ3v) is 2.68. The summed E-state index contributed by atoms with van der Waals surface area (Å²) in [5, 5.41) is 0. The standard InChI is InChI=1S/C15H19NO3/c1-5-16(10-11(2)3)14(17)12-6-8-13(9-7-12)15(18)19-4/h6-9H,2,5,10H2,1,3-4H3. The van der Waals surface area contributed by atoms with Crippen LogP contribution < -0.4 is 0 Å². The second-order valence-corrected chi connectivity index (χ2v) is 4.35. The van der Waals surface area contributed by atoms with Crippen LogP contribution in [0.15, 0.2) is 36.4 Å². The van der Waals surface area contributed by atoms with Crippen LogP contribution in [-0.4, -0.2) is 37.0 Å². The Morgan fingerprint density at radius 2 is 1.74 bits per heavy atom. The van der Waals surface area contributed by atoms with Gasteiger partial charge in [-0.05, 0) is 38.1 Å². The van der Waals surface area contributed by atoms with Crippen molar-refractivity contribution in [2.24, 2.45) is 0 Å². The van der Waals surface area contributed by atoms with Crippen LogP contribution in [0.2, 0.25) is 0 Å². The van der Waals surface area contributed by atoms with Gasteiger partial charge in [-0.1, -0.05) is 12.2 Å². The number of rotatable bonds is 5. The Labute approximate surface area is 113 Å². The number of amides is 1. The van der Waals surface area contributed by atoms with E-state index in [9.17, 15) is 9.59 Å². The van der Waals surface area contributed by atoms with Gasteiger partial charge in [0.15, 0.2) is 0 Å². The lowest BCUT2D eigenvalue weighted by atomic mass is 10.1. The predicted octanol–water partition coefficient (Wildman–Crippen LogP) is 2.51. The molecular formula is C15H19NO3. The zero-order chi connectivity index (χ0) is 14.4. The lowest BCUT2D eigenvalue weighted by molar-refractivity contribution is 0.0600. The largest absolute Gasteiger partial charge is 0.465 e. The van der Waals surface area contributed by atoms with Crippen molar-refractivity contribution in [3.05, 3.63) is 47.5 Å². The van der Waals surface area contributed by atoms with E-state index in [-0.39, 0.29) is 5.91 Å². The number of hydrogen-bond donors (Lipinski definition) is 0. The van der Waals surface area contributed by atoms with E-state index in [1.54, 1.807) is 29.2 Å². The summed E-state index contributed by atoms with van der Waals surface area (Å²) in [4.78, 5) is 25.2. The van der Waals surface area contributed by atoms with Crippen molar-refractivity contribution < 1.29 is 14.3 Å². The van der Waals surface area contributed by atoms with Crippen LogP contribution in [0.4, 0.5) is 0 Å². The van der Waals surface area contributed by atoms with Crippen LogP contribution in [-0.2, 0) is 4.74 Å². The topological polar surface area (TPSA) is 46.6 Å². The molecule has 0 saturated heterocycles. The molecule has 0 bridgehead atoms. The molecule has 0 aliphatic carbocycles. The minimum Gasteiger partial charge on any atom is -0.465 e. The predicted molar refractivity (Wildman–Crippen MR) is 74.2 cm³/mol. The fraction of sp³-hybridized carbons (Fsp3) is 0.333. The first-order valence-electron chi connectivity index (χ1n) is 6.11. The molecule has 1 rings (SSSR count). The molecular weight excluding hydrogens is 242 g/mol. The van der Waals surface area contributed by atoms with Crippen LogP contribution in [0.5, 0.6) is 0 Å². The third kappa shape index (κ3) is 3.95. The van der Waals surface area contributed by atoms with Gasteiger partial charge in [-0.15, -0.1) is 0 Å². The molecule has 1 aromatic carbocycles. The van der Waals surface area contributed by atoms with E-state index in [1.807, 2.05) is 13.8 Å². The van der Waals surface area contributed by atoms with Crippen molar-refractivity contribution >= 4 is 11.9 Å². The fourth-order valence-corrected chi connectivity index (χ4v) is 1.70. The van der Waals surface area contributed by atoms with Gasteiger partial charge in [0.25, 0.3) is 5.91 Å². The molecule has 0 radical (unpaired) electrons. The van der Waals surface area contributed by atoms with E-state index in [4.69, 9.17) is 0 Å². The lowest BCUT2D eigenvalue weighted by Crippen LogP contribution is -2.32. The average Bonchev–Trinajstić information content (AvgIpc) is 2.43. The van der Waals surface area contributed by atoms with Gasteiger partial charge in [-0.3, -0.25) is 4.79 Å². The Bertz CT molecular complexity index is 477. The normalized spacial score (nSPS) is 9.84. The van der Waals surface area contributed by atoms with Gasteiger partial charge in [0.1, 0.15) is 0 Å². The maximum absolute atomic E-state index is 12.2. The summed E-state index contributed by atoms with van der Waals surface area (Å²) in [5.74, 6) is -0.477. The van der Waals surface area contributed by atoms with Crippen LogP contribution in [0, 0.1) is 0 Å². The number of nitrogens with zero attached hydrogens (tertiary/aromatic N) is 1. The summed E-state index contributed by atoms with van der Waals surface area (Å²) in [6, 6.07) is 6.45. The molecule has 0 aromatic heterocycles. The van der Waals surface area contributed by atoms with E-state index in [1.165, 1.54) is 7.11 Å². The number of carbonyl (C=O) groups excluding carboxylic acids is 2. The molecule has 0 aliphatic heterocycles. The van der Waals surface area contributed by atoms with E-state index in [0.717, 1.165) is 5.57 Å². The van der Waals surface area contributed by atoms with E-state index < -0.39 is 5.97 Å². The van der Waals surface area contributed by atoms with Gasteiger partial charge in [0.2, 0.25) is 0 Å². The van der Waals surface area contributed by atoms with Gasteiger partial charge >= 0.3 is 5.97 Å². The third-order valence-electron chi connectivity index (χ3n) is 2.68. The van der Waals surface area contributed by atoms with Crippen LogP contribution in [0.25, 0.3) is 0 Å². The molecule has 1 amide bonds. The highest BCUT2D eigenvalue weighted by molar-refractivity contribution is 5.96. The van der Waals surface area contributed by atoms with Crippen molar-refractivity contribution in [2.45, 2.75) is 13.8 Å². The van der Waals surface area contributed by atoms with Crippen LogP contribution >= 0.6 is 0 Å². The zero-order valence-electron chi connectivity index (χ0n) is 11.6. The Morgan fingerprint density at radius 3 is 2.16 bits per heavy atom. The number of likely N-dealkylation sites (N-methyl/N-ethyl adjacent to an activating group) is 1. The average molecular weight is 261 g/mol.